The van der Waals surface area contributed by atoms with E-state index in [-0.39, 0.29) is 78.3 Å². The highest BCUT2D eigenvalue weighted by Gasteiger charge is 2.47. The van der Waals surface area contributed by atoms with Crippen LogP contribution in [0.4, 0.5) is 0 Å². The van der Waals surface area contributed by atoms with E-state index in [1.165, 1.54) is 77.0 Å². The molecular weight excluding hydrogens is 1230 g/mol. The molecule has 2 fully saturated rings. The molecule has 0 aromatic heterocycles. The van der Waals surface area contributed by atoms with E-state index in [1.54, 1.807) is 0 Å². The van der Waals surface area contributed by atoms with Crippen molar-refractivity contribution in [3.63, 3.8) is 0 Å². The Kier molecular flexibility index (Phi) is 50.1. The number of amides is 4. The van der Waals surface area contributed by atoms with Crippen LogP contribution in [-0.2, 0) is 47.6 Å². The summed E-state index contributed by atoms with van der Waals surface area (Å²) in [7, 11) is 0. The standard InChI is InChI=1S/C66H128N6O22/c1-3-5-7-9-11-13-15-17-19-21-23-25-29-49(75)57(81)47(45-91-65-63(87)61(85)59(83)51(43-73)93-65)71(41-53(77)69-35-39-89-37-33-67)55(79)31-27-28-32-56(80)72(42-54(78)70-36-40-90-38-34-68)48(46-92-66-64(88)62(86)60(84)52(44-74)94-66)58(82)50(76)30-26-24-22-20-18-16-14-12-10-8-6-4-2/h47-52,57-66,73-76,81-88H,3-46,67-68H2,1-2H3,(H,69,77)(H,70,78)/t47-,48-,49+,50+,51?,52?,57-,58-,59-,60-,61-,62-,63?,64?,65-,66-/m0/s1. The Bertz CT molecular complexity index is 1780. The lowest BCUT2D eigenvalue weighted by Crippen LogP contribution is -2.61. The van der Waals surface area contributed by atoms with Gasteiger partial charge in [-0.25, -0.2) is 0 Å². The van der Waals surface area contributed by atoms with Gasteiger partial charge < -0.3 is 122 Å². The molecular formula is C66H128N6O22. The van der Waals surface area contributed by atoms with Crippen LogP contribution in [-0.4, -0.2) is 285 Å². The average molecular weight is 1360 g/mol. The van der Waals surface area contributed by atoms with Crippen LogP contribution in [0.2, 0.25) is 0 Å². The number of ether oxygens (including phenoxy) is 6. The summed E-state index contributed by atoms with van der Waals surface area (Å²) in [6, 6.07) is -3.09. The first kappa shape index (κ1) is 87.2. The van der Waals surface area contributed by atoms with Crippen molar-refractivity contribution in [3.8, 4) is 0 Å². The number of hydrogen-bond acceptors (Lipinski definition) is 24. The molecule has 0 aromatic carbocycles. The minimum absolute atomic E-state index is 0.00455. The predicted octanol–water partition coefficient (Wildman–Crippen LogP) is 0.383. The van der Waals surface area contributed by atoms with Gasteiger partial charge in [0.2, 0.25) is 23.6 Å². The molecule has 0 spiro atoms. The van der Waals surface area contributed by atoms with Gasteiger partial charge in [-0.1, -0.05) is 168 Å². The lowest BCUT2D eigenvalue weighted by Gasteiger charge is -2.41. The fourth-order valence-electron chi connectivity index (χ4n) is 11.7. The molecule has 0 saturated carbocycles. The molecule has 0 bridgehead atoms. The maximum absolute atomic E-state index is 14.7. The second-order valence-electron chi connectivity index (χ2n) is 25.4. The van der Waals surface area contributed by atoms with Crippen molar-refractivity contribution in [1.29, 1.82) is 0 Å². The number of nitrogens with zero attached hydrogens (tertiary/aromatic N) is 2. The van der Waals surface area contributed by atoms with E-state index in [4.69, 9.17) is 39.9 Å². The number of nitrogens with one attached hydrogen (secondary N) is 2. The number of carbonyl (C=O) groups excluding carboxylic acids is 4. The number of aliphatic hydroxyl groups excluding tert-OH is 12. The van der Waals surface area contributed by atoms with Gasteiger partial charge in [-0.2, -0.15) is 0 Å². The van der Waals surface area contributed by atoms with E-state index >= 15 is 0 Å². The van der Waals surface area contributed by atoms with Crippen LogP contribution in [0.3, 0.4) is 0 Å². The lowest BCUT2D eigenvalue weighted by molar-refractivity contribution is -0.304. The molecule has 4 unspecified atom stereocenters. The molecule has 94 heavy (non-hydrogen) atoms. The Morgan fingerprint density at radius 2 is 0.745 bits per heavy atom. The normalized spacial score (nSPS) is 23.5. The van der Waals surface area contributed by atoms with Crippen molar-refractivity contribution in [3.05, 3.63) is 0 Å². The molecule has 0 aromatic rings. The quantitative estimate of drug-likeness (QED) is 0.0366. The highest BCUT2D eigenvalue weighted by atomic mass is 16.7. The zero-order valence-electron chi connectivity index (χ0n) is 56.8. The summed E-state index contributed by atoms with van der Waals surface area (Å²) in [5.74, 6) is -2.96. The van der Waals surface area contributed by atoms with Crippen LogP contribution >= 0.6 is 0 Å². The number of rotatable bonds is 59. The van der Waals surface area contributed by atoms with Gasteiger partial charge in [0.05, 0.1) is 77.1 Å². The first-order chi connectivity index (χ1) is 45.3. The molecule has 28 heteroatoms. The third kappa shape index (κ3) is 35.2. The van der Waals surface area contributed by atoms with E-state index in [2.05, 4.69) is 24.5 Å². The van der Waals surface area contributed by atoms with Crippen molar-refractivity contribution >= 4 is 23.6 Å². The molecule has 4 amide bonds. The Morgan fingerprint density at radius 3 is 1.04 bits per heavy atom. The smallest absolute Gasteiger partial charge is 0.239 e. The van der Waals surface area contributed by atoms with Crippen LogP contribution < -0.4 is 22.1 Å². The van der Waals surface area contributed by atoms with E-state index in [0.29, 0.717) is 12.8 Å². The fraction of sp³-hybridized carbons (Fsp3) is 0.939. The average Bonchev–Trinajstić information content (AvgIpc) is 0.877. The summed E-state index contributed by atoms with van der Waals surface area (Å²) < 4.78 is 33.8. The van der Waals surface area contributed by atoms with Crippen molar-refractivity contribution in [2.75, 3.05) is 92.1 Å². The maximum Gasteiger partial charge on any atom is 0.239 e. The summed E-state index contributed by atoms with van der Waals surface area (Å²) in [5, 5.41) is 137. The Labute approximate surface area is 559 Å². The van der Waals surface area contributed by atoms with Crippen LogP contribution in [0.15, 0.2) is 0 Å². The predicted molar refractivity (Wildman–Crippen MR) is 350 cm³/mol. The number of nitrogens with two attached hydrogens (primary N) is 2. The van der Waals surface area contributed by atoms with Crippen LogP contribution in [0, 0.1) is 0 Å². The molecule has 18 N–H and O–H groups in total. The minimum Gasteiger partial charge on any atom is -0.394 e. The number of aliphatic hydroxyl groups is 12. The number of hydrogen-bond donors (Lipinski definition) is 16. The largest absolute Gasteiger partial charge is 0.394 e. The zero-order chi connectivity index (χ0) is 69.5. The summed E-state index contributed by atoms with van der Waals surface area (Å²) in [6.07, 6.45) is 0.717. The minimum atomic E-state index is -1.89. The Hall–Kier alpha value is -2.92. The van der Waals surface area contributed by atoms with Crippen LogP contribution in [0.1, 0.15) is 206 Å². The summed E-state index contributed by atoms with van der Waals surface area (Å²) in [5.41, 5.74) is 11.1. The summed E-state index contributed by atoms with van der Waals surface area (Å²) >= 11 is 0. The van der Waals surface area contributed by atoms with Gasteiger partial charge in [0.25, 0.3) is 0 Å². The van der Waals surface area contributed by atoms with E-state index in [0.717, 1.165) is 74.0 Å². The lowest BCUT2D eigenvalue weighted by atomic mass is 9.97. The topological polar surface area (TPSA) is 449 Å². The summed E-state index contributed by atoms with van der Waals surface area (Å²) in [4.78, 5) is 58.9. The van der Waals surface area contributed by atoms with Gasteiger partial charge >= 0.3 is 0 Å². The van der Waals surface area contributed by atoms with Crippen molar-refractivity contribution in [1.82, 2.24) is 20.4 Å². The highest BCUT2D eigenvalue weighted by Crippen LogP contribution is 2.27. The molecule has 0 radical (unpaired) electrons. The van der Waals surface area contributed by atoms with Crippen LogP contribution in [0.5, 0.6) is 0 Å². The monoisotopic (exact) mass is 1360 g/mol. The molecule has 2 aliphatic heterocycles. The van der Waals surface area contributed by atoms with Gasteiger partial charge in [-0.15, -0.1) is 0 Å². The Morgan fingerprint density at radius 1 is 0.436 bits per heavy atom. The molecule has 2 saturated heterocycles. The van der Waals surface area contributed by atoms with E-state index < -0.39 is 174 Å². The van der Waals surface area contributed by atoms with E-state index in [1.807, 2.05) is 0 Å². The van der Waals surface area contributed by atoms with Crippen molar-refractivity contribution in [2.45, 2.75) is 304 Å². The maximum atomic E-state index is 14.7. The molecule has 2 aliphatic rings. The first-order valence-corrected chi connectivity index (χ1v) is 35.6. The second-order valence-corrected chi connectivity index (χ2v) is 25.4. The molecule has 16 atom stereocenters. The van der Waals surface area contributed by atoms with E-state index in [9.17, 15) is 80.5 Å². The van der Waals surface area contributed by atoms with Gasteiger partial charge in [-0.3, -0.25) is 19.2 Å². The van der Waals surface area contributed by atoms with Gasteiger partial charge in [-0.05, 0) is 25.7 Å². The fourth-order valence-corrected chi connectivity index (χ4v) is 11.7. The third-order valence-electron chi connectivity index (χ3n) is 17.6. The zero-order valence-corrected chi connectivity index (χ0v) is 56.8. The van der Waals surface area contributed by atoms with Crippen molar-refractivity contribution < 1.29 is 109 Å². The number of unbranched alkanes of at least 4 members (excludes halogenated alkanes) is 23. The number of carbonyl (C=O) groups is 4. The van der Waals surface area contributed by atoms with Gasteiger partial charge in [0.15, 0.2) is 12.6 Å². The van der Waals surface area contributed by atoms with Gasteiger partial charge in [0.1, 0.15) is 74.1 Å². The van der Waals surface area contributed by atoms with Crippen LogP contribution in [0.25, 0.3) is 0 Å². The first-order valence-electron chi connectivity index (χ1n) is 35.6. The highest BCUT2D eigenvalue weighted by molar-refractivity contribution is 5.86. The molecule has 28 nitrogen and oxygen atoms in total. The Balaban J connectivity index is 2.48. The van der Waals surface area contributed by atoms with Gasteiger partial charge in [0, 0.05) is 39.0 Å². The second kappa shape index (κ2) is 54.0. The molecule has 2 heterocycles. The molecule has 0 aliphatic carbocycles. The molecule has 2 rings (SSSR count). The molecule has 554 valence electrons. The third-order valence-corrected chi connectivity index (χ3v) is 17.6. The summed E-state index contributed by atoms with van der Waals surface area (Å²) in [6.45, 7) is 0.926. The SMILES string of the molecule is CCCCCCCCCCCCCC[C@@H](O)[C@@H](O)[C@H](CO[C@H]1OC(CO)[C@H](O)[C@H](O)C1O)N(CC(=O)NCCOCCN)C(=O)CCCCC(=O)N(CC(=O)NCCOCCN)[C@@H](CO[C@H]1OC(CO)[C@H](O)[C@H](O)C1O)[C@H](O)[C@H](O)CCCCCCCCCCCCCC. The van der Waals surface area contributed by atoms with Crippen molar-refractivity contribution in [2.24, 2.45) is 11.5 Å².